The summed E-state index contributed by atoms with van der Waals surface area (Å²) in [5, 5.41) is 3.36. The van der Waals surface area contributed by atoms with Crippen LogP contribution in [0.1, 0.15) is 47.1 Å². The third-order valence-corrected chi connectivity index (χ3v) is 5.35. The summed E-state index contributed by atoms with van der Waals surface area (Å²) in [4.78, 5) is 25.9. The maximum Gasteiger partial charge on any atom is 0.341 e. The Hall–Kier alpha value is -2.44. The molecule has 1 amide bonds. The minimum absolute atomic E-state index is 0.282. The van der Waals surface area contributed by atoms with Gasteiger partial charge in [-0.1, -0.05) is 30.3 Å². The van der Waals surface area contributed by atoms with E-state index < -0.39 is 5.97 Å². The zero-order chi connectivity index (χ0) is 19.4. The minimum atomic E-state index is -0.407. The van der Waals surface area contributed by atoms with Crippen LogP contribution >= 0.6 is 11.3 Å². The Bertz CT molecular complexity index is 868. The van der Waals surface area contributed by atoms with Crippen molar-refractivity contribution in [2.24, 2.45) is 0 Å². The van der Waals surface area contributed by atoms with Gasteiger partial charge in [-0.05, 0) is 38.0 Å². The molecule has 3 rings (SSSR count). The molecule has 6 heteroatoms. The Balaban J connectivity index is 1.86. The Morgan fingerprint density at radius 3 is 2.74 bits per heavy atom. The molecule has 1 aromatic heterocycles. The van der Waals surface area contributed by atoms with Crippen LogP contribution in [0.25, 0.3) is 6.08 Å². The lowest BCUT2D eigenvalue weighted by atomic mass is 9.93. The summed E-state index contributed by atoms with van der Waals surface area (Å²) in [6, 6.07) is 9.56. The number of rotatable bonds is 5. The van der Waals surface area contributed by atoms with E-state index in [-0.39, 0.29) is 18.1 Å². The molecule has 0 spiro atoms. The topological polar surface area (TPSA) is 64.6 Å². The van der Waals surface area contributed by atoms with Gasteiger partial charge in [0.25, 0.3) is 0 Å². The maximum absolute atomic E-state index is 12.5. The van der Waals surface area contributed by atoms with Crippen molar-refractivity contribution >= 4 is 34.3 Å². The van der Waals surface area contributed by atoms with Crippen molar-refractivity contribution in [1.82, 2.24) is 0 Å². The van der Waals surface area contributed by atoms with E-state index >= 15 is 0 Å². The highest BCUT2D eigenvalue weighted by molar-refractivity contribution is 7.17. The fourth-order valence-corrected chi connectivity index (χ4v) is 4.07. The van der Waals surface area contributed by atoms with E-state index in [1.165, 1.54) is 17.4 Å². The molecule has 0 atom stereocenters. The Morgan fingerprint density at radius 2 is 2.04 bits per heavy atom. The van der Waals surface area contributed by atoms with Crippen molar-refractivity contribution in [3.63, 3.8) is 0 Å². The maximum atomic E-state index is 12.5. The van der Waals surface area contributed by atoms with Crippen LogP contribution < -0.4 is 5.32 Å². The largest absolute Gasteiger partial charge is 0.462 e. The number of hydrogen-bond donors (Lipinski definition) is 1. The van der Waals surface area contributed by atoms with Crippen LogP contribution in [-0.2, 0) is 27.3 Å². The van der Waals surface area contributed by atoms with Gasteiger partial charge in [0.1, 0.15) is 5.00 Å². The summed E-state index contributed by atoms with van der Waals surface area (Å²) in [5.41, 5.74) is 1.94. The van der Waals surface area contributed by atoms with E-state index in [1.807, 2.05) is 44.2 Å². The predicted octanol–water partition coefficient (Wildman–Crippen LogP) is 4.43. The van der Waals surface area contributed by atoms with E-state index in [2.05, 4.69) is 5.32 Å². The van der Waals surface area contributed by atoms with Gasteiger partial charge >= 0.3 is 5.97 Å². The molecular weight excluding hydrogens is 362 g/mol. The fraction of sp³-hybridized carbons (Fsp3) is 0.333. The van der Waals surface area contributed by atoms with Gasteiger partial charge in [-0.15, -0.1) is 11.3 Å². The Labute approximate surface area is 163 Å². The lowest BCUT2D eigenvalue weighted by Crippen LogP contribution is -2.32. The molecule has 0 unspecified atom stereocenters. The minimum Gasteiger partial charge on any atom is -0.462 e. The zero-order valence-corrected chi connectivity index (χ0v) is 16.5. The van der Waals surface area contributed by atoms with Gasteiger partial charge in [0.2, 0.25) is 5.91 Å². The first-order valence-electron chi connectivity index (χ1n) is 8.89. The highest BCUT2D eigenvalue weighted by Gasteiger charge is 2.34. The standard InChI is InChI=1S/C21H23NO4S/c1-4-25-20(24)18-15-12-21(2,3)26-13-16(15)27-19(18)22-17(23)11-10-14-8-6-5-7-9-14/h5-11H,4,12-13H2,1-3H3,(H,22,23). The SMILES string of the molecule is CCOC(=O)c1c(NC(=O)C=Cc2ccccc2)sc2c1CC(C)(C)OC2. The molecule has 142 valence electrons. The first-order valence-corrected chi connectivity index (χ1v) is 9.71. The van der Waals surface area contributed by atoms with Crippen LogP contribution in [0.5, 0.6) is 0 Å². The molecule has 0 radical (unpaired) electrons. The van der Waals surface area contributed by atoms with E-state index in [4.69, 9.17) is 9.47 Å². The Morgan fingerprint density at radius 1 is 1.30 bits per heavy atom. The summed E-state index contributed by atoms with van der Waals surface area (Å²) in [5.74, 6) is -0.696. The van der Waals surface area contributed by atoms with Gasteiger partial charge in [0, 0.05) is 17.4 Å². The monoisotopic (exact) mass is 385 g/mol. The van der Waals surface area contributed by atoms with Crippen LogP contribution in [0.2, 0.25) is 0 Å². The average Bonchev–Trinajstić information content (AvgIpc) is 2.97. The van der Waals surface area contributed by atoms with Crippen molar-refractivity contribution in [1.29, 1.82) is 0 Å². The second-order valence-electron chi connectivity index (χ2n) is 6.89. The molecule has 1 aliphatic heterocycles. The number of ether oxygens (including phenoxy) is 2. The molecule has 2 aromatic rings. The molecule has 27 heavy (non-hydrogen) atoms. The second kappa shape index (κ2) is 8.06. The van der Waals surface area contributed by atoms with Gasteiger partial charge in [-0.25, -0.2) is 4.79 Å². The van der Waals surface area contributed by atoms with Crippen molar-refractivity contribution in [3.05, 3.63) is 58.0 Å². The third kappa shape index (κ3) is 4.64. The number of esters is 1. The number of hydrogen-bond acceptors (Lipinski definition) is 5. The van der Waals surface area contributed by atoms with Gasteiger partial charge in [0.05, 0.1) is 24.4 Å². The highest BCUT2D eigenvalue weighted by Crippen LogP contribution is 2.40. The lowest BCUT2D eigenvalue weighted by Gasteiger charge is -2.30. The summed E-state index contributed by atoms with van der Waals surface area (Å²) in [6.45, 7) is 6.46. The number of fused-ring (bicyclic) bond motifs is 1. The van der Waals surface area contributed by atoms with Crippen LogP contribution in [0, 0.1) is 0 Å². The van der Waals surface area contributed by atoms with Crippen LogP contribution in [0.4, 0.5) is 5.00 Å². The number of amides is 1. The van der Waals surface area contributed by atoms with Crippen molar-refractivity contribution in [2.75, 3.05) is 11.9 Å². The van der Waals surface area contributed by atoms with Crippen molar-refractivity contribution in [3.8, 4) is 0 Å². The van der Waals surface area contributed by atoms with Gasteiger partial charge in [-0.2, -0.15) is 0 Å². The molecule has 0 fully saturated rings. The Kier molecular flexibility index (Phi) is 5.77. The normalized spacial score (nSPS) is 15.4. The summed E-state index contributed by atoms with van der Waals surface area (Å²) in [6.07, 6.45) is 3.80. The lowest BCUT2D eigenvalue weighted by molar-refractivity contribution is -0.111. The van der Waals surface area contributed by atoms with E-state index in [0.29, 0.717) is 23.6 Å². The molecule has 5 nitrogen and oxygen atoms in total. The smallest absolute Gasteiger partial charge is 0.341 e. The molecule has 1 N–H and O–H groups in total. The molecule has 0 aliphatic carbocycles. The van der Waals surface area contributed by atoms with Crippen LogP contribution in [-0.4, -0.2) is 24.1 Å². The summed E-state index contributed by atoms with van der Waals surface area (Å²) >= 11 is 1.38. The molecule has 0 saturated carbocycles. The average molecular weight is 385 g/mol. The first kappa shape index (κ1) is 19.3. The van der Waals surface area contributed by atoms with E-state index in [1.54, 1.807) is 13.0 Å². The number of carbonyl (C=O) groups is 2. The van der Waals surface area contributed by atoms with Crippen LogP contribution in [0.3, 0.4) is 0 Å². The second-order valence-corrected chi connectivity index (χ2v) is 7.99. The van der Waals surface area contributed by atoms with Crippen molar-refractivity contribution in [2.45, 2.75) is 39.4 Å². The van der Waals surface area contributed by atoms with Gasteiger partial charge in [-0.3, -0.25) is 4.79 Å². The van der Waals surface area contributed by atoms with E-state index in [0.717, 1.165) is 16.0 Å². The molecular formula is C21H23NO4S. The van der Waals surface area contributed by atoms with E-state index in [9.17, 15) is 9.59 Å². The molecule has 0 bridgehead atoms. The highest BCUT2D eigenvalue weighted by atomic mass is 32.1. The first-order chi connectivity index (χ1) is 12.9. The molecule has 0 saturated heterocycles. The summed E-state index contributed by atoms with van der Waals surface area (Å²) in [7, 11) is 0. The van der Waals surface area contributed by atoms with Crippen molar-refractivity contribution < 1.29 is 19.1 Å². The third-order valence-electron chi connectivity index (χ3n) is 4.23. The number of carbonyl (C=O) groups excluding carboxylic acids is 2. The number of nitrogens with one attached hydrogen (secondary N) is 1. The number of thiophene rings is 1. The predicted molar refractivity (Wildman–Crippen MR) is 107 cm³/mol. The van der Waals surface area contributed by atoms with Gasteiger partial charge in [0.15, 0.2) is 0 Å². The number of anilines is 1. The zero-order valence-electron chi connectivity index (χ0n) is 15.7. The fourth-order valence-electron chi connectivity index (χ4n) is 2.95. The molecule has 1 aromatic carbocycles. The van der Waals surface area contributed by atoms with Crippen LogP contribution in [0.15, 0.2) is 36.4 Å². The quantitative estimate of drug-likeness (QED) is 0.611. The number of benzene rings is 1. The van der Waals surface area contributed by atoms with Gasteiger partial charge < -0.3 is 14.8 Å². The molecule has 2 heterocycles. The summed E-state index contributed by atoms with van der Waals surface area (Å²) < 4.78 is 11.1. The molecule has 1 aliphatic rings.